The zero-order chi connectivity index (χ0) is 10.7. The molecule has 0 unspecified atom stereocenters. The Kier molecular flexibility index (Phi) is 3.18. The van der Waals surface area contributed by atoms with Gasteiger partial charge in [0.1, 0.15) is 0 Å². The van der Waals surface area contributed by atoms with Crippen LogP contribution < -0.4 is 0 Å². The maximum atomic E-state index is 11.3. The van der Waals surface area contributed by atoms with Crippen LogP contribution in [-0.4, -0.2) is 48.6 Å². The molecule has 0 aromatic carbocycles. The second-order valence-electron chi connectivity index (χ2n) is 3.75. The summed E-state index contributed by atoms with van der Waals surface area (Å²) in [5.41, 5.74) is 0.865. The van der Waals surface area contributed by atoms with Gasteiger partial charge in [-0.3, -0.25) is 4.79 Å². The lowest BCUT2D eigenvalue weighted by atomic mass is 10.1. The quantitative estimate of drug-likeness (QED) is 0.664. The van der Waals surface area contributed by atoms with Crippen LogP contribution in [0.4, 0.5) is 0 Å². The molecule has 0 aromatic rings. The molecule has 2 aliphatic heterocycles. The molecule has 2 aliphatic rings. The predicted octanol–water partition coefficient (Wildman–Crippen LogP) is 0.578. The summed E-state index contributed by atoms with van der Waals surface area (Å²) >= 11 is 0. The van der Waals surface area contributed by atoms with E-state index in [4.69, 9.17) is 4.74 Å². The summed E-state index contributed by atoms with van der Waals surface area (Å²) in [6.45, 7) is 5.63. The number of hydrazine groups is 1. The molecule has 0 radical (unpaired) electrons. The molecular formula is C11H16N2O2. The lowest BCUT2D eigenvalue weighted by molar-refractivity contribution is -0.114. The summed E-state index contributed by atoms with van der Waals surface area (Å²) in [6.07, 6.45) is 5.83. The van der Waals surface area contributed by atoms with E-state index in [1.54, 1.807) is 6.92 Å². The van der Waals surface area contributed by atoms with Crippen LogP contribution in [0.25, 0.3) is 0 Å². The average molecular weight is 208 g/mol. The normalized spacial score (nSPS) is 22.7. The molecule has 15 heavy (non-hydrogen) atoms. The van der Waals surface area contributed by atoms with Gasteiger partial charge >= 0.3 is 0 Å². The molecule has 0 amide bonds. The molecule has 0 atom stereocenters. The van der Waals surface area contributed by atoms with Crippen molar-refractivity contribution in [1.29, 1.82) is 0 Å². The zero-order valence-electron chi connectivity index (χ0n) is 8.98. The average Bonchev–Trinajstić information content (AvgIpc) is 2.30. The maximum Gasteiger partial charge on any atom is 0.157 e. The minimum Gasteiger partial charge on any atom is -0.379 e. The third-order valence-electron chi connectivity index (χ3n) is 2.69. The lowest BCUT2D eigenvalue weighted by Crippen LogP contribution is -2.47. The molecule has 0 aromatic heterocycles. The van der Waals surface area contributed by atoms with Gasteiger partial charge in [0.2, 0.25) is 0 Å². The third-order valence-corrected chi connectivity index (χ3v) is 2.69. The Hall–Kier alpha value is -1.13. The topological polar surface area (TPSA) is 32.8 Å². The van der Waals surface area contributed by atoms with Gasteiger partial charge in [-0.1, -0.05) is 6.08 Å². The standard InChI is InChI=1S/C11H16N2O2/c1-10(14)11-3-2-4-13(9-11)12-5-7-15-8-6-12/h2-4H,5-9H2,1H3. The highest BCUT2D eigenvalue weighted by Crippen LogP contribution is 2.12. The van der Waals surface area contributed by atoms with Crippen LogP contribution in [0, 0.1) is 0 Å². The van der Waals surface area contributed by atoms with Crippen molar-refractivity contribution >= 4 is 5.78 Å². The highest BCUT2D eigenvalue weighted by Gasteiger charge is 2.19. The number of carbonyl (C=O) groups excluding carboxylic acids is 1. The van der Waals surface area contributed by atoms with E-state index in [1.807, 2.05) is 18.4 Å². The second kappa shape index (κ2) is 4.59. The second-order valence-corrected chi connectivity index (χ2v) is 3.75. The van der Waals surface area contributed by atoms with Gasteiger partial charge in [0, 0.05) is 24.9 Å². The molecule has 0 aliphatic carbocycles. The first-order valence-corrected chi connectivity index (χ1v) is 5.25. The molecule has 1 saturated heterocycles. The number of nitrogens with zero attached hydrogens (tertiary/aromatic N) is 2. The van der Waals surface area contributed by atoms with E-state index < -0.39 is 0 Å². The van der Waals surface area contributed by atoms with Crippen molar-refractivity contribution < 1.29 is 9.53 Å². The molecule has 0 N–H and O–H groups in total. The summed E-state index contributed by atoms with van der Waals surface area (Å²) in [4.78, 5) is 11.3. The number of rotatable bonds is 2. The number of carbonyl (C=O) groups is 1. The fourth-order valence-corrected chi connectivity index (χ4v) is 1.77. The molecule has 1 fully saturated rings. The van der Waals surface area contributed by atoms with E-state index in [0.717, 1.165) is 31.9 Å². The Morgan fingerprint density at radius 3 is 2.80 bits per heavy atom. The van der Waals surface area contributed by atoms with Crippen molar-refractivity contribution in [1.82, 2.24) is 10.0 Å². The molecule has 4 heteroatoms. The summed E-state index contributed by atoms with van der Waals surface area (Å²) in [6, 6.07) is 0. The number of ketones is 1. The number of allylic oxidation sites excluding steroid dienone is 2. The van der Waals surface area contributed by atoms with Gasteiger partial charge in [0.15, 0.2) is 5.78 Å². The smallest absolute Gasteiger partial charge is 0.157 e. The number of hydrogen-bond donors (Lipinski definition) is 0. The number of ether oxygens (including phenoxy) is 1. The van der Waals surface area contributed by atoms with Crippen LogP contribution in [0.3, 0.4) is 0 Å². The Balaban J connectivity index is 1.98. The van der Waals surface area contributed by atoms with E-state index in [0.29, 0.717) is 6.54 Å². The minimum atomic E-state index is 0.151. The fraction of sp³-hybridized carbons (Fsp3) is 0.545. The van der Waals surface area contributed by atoms with Crippen molar-refractivity contribution in [2.75, 3.05) is 32.8 Å². The van der Waals surface area contributed by atoms with Gasteiger partial charge in [-0.25, -0.2) is 5.01 Å². The van der Waals surface area contributed by atoms with Gasteiger partial charge < -0.3 is 9.75 Å². The van der Waals surface area contributed by atoms with Gasteiger partial charge in [-0.2, -0.15) is 0 Å². The highest BCUT2D eigenvalue weighted by atomic mass is 16.5. The molecule has 2 rings (SSSR count). The molecule has 0 saturated carbocycles. The van der Waals surface area contributed by atoms with Crippen molar-refractivity contribution in [2.24, 2.45) is 0 Å². The van der Waals surface area contributed by atoms with E-state index in [2.05, 4.69) is 10.0 Å². The van der Waals surface area contributed by atoms with E-state index in [-0.39, 0.29) is 5.78 Å². The van der Waals surface area contributed by atoms with E-state index in [1.165, 1.54) is 0 Å². The van der Waals surface area contributed by atoms with Crippen LogP contribution in [0.5, 0.6) is 0 Å². The molecule has 4 nitrogen and oxygen atoms in total. The van der Waals surface area contributed by atoms with Crippen molar-refractivity contribution in [3.8, 4) is 0 Å². The number of morpholine rings is 1. The van der Waals surface area contributed by atoms with Crippen molar-refractivity contribution in [3.63, 3.8) is 0 Å². The van der Waals surface area contributed by atoms with Crippen molar-refractivity contribution in [2.45, 2.75) is 6.92 Å². The van der Waals surface area contributed by atoms with Crippen LogP contribution in [0.15, 0.2) is 23.9 Å². The van der Waals surface area contributed by atoms with Crippen LogP contribution in [0.2, 0.25) is 0 Å². The summed E-state index contributed by atoms with van der Waals surface area (Å²) in [7, 11) is 0. The third kappa shape index (κ3) is 2.46. The van der Waals surface area contributed by atoms with E-state index in [9.17, 15) is 4.79 Å². The lowest BCUT2D eigenvalue weighted by Gasteiger charge is -2.37. The largest absolute Gasteiger partial charge is 0.379 e. The summed E-state index contributed by atoms with van der Waals surface area (Å²) in [5.74, 6) is 0.151. The van der Waals surface area contributed by atoms with E-state index >= 15 is 0 Å². The Morgan fingerprint density at radius 2 is 2.13 bits per heavy atom. The fourth-order valence-electron chi connectivity index (χ4n) is 1.77. The molecule has 0 spiro atoms. The Labute approximate surface area is 89.8 Å². The first-order chi connectivity index (χ1) is 7.27. The number of hydrogen-bond acceptors (Lipinski definition) is 4. The Morgan fingerprint density at radius 1 is 1.40 bits per heavy atom. The predicted molar refractivity (Wildman–Crippen MR) is 57.0 cm³/mol. The van der Waals surface area contributed by atoms with Crippen LogP contribution in [0.1, 0.15) is 6.92 Å². The highest BCUT2D eigenvalue weighted by molar-refractivity contribution is 5.94. The molecule has 0 bridgehead atoms. The van der Waals surface area contributed by atoms with Gasteiger partial charge in [0.05, 0.1) is 19.8 Å². The summed E-state index contributed by atoms with van der Waals surface area (Å²) in [5, 5.41) is 4.31. The monoisotopic (exact) mass is 208 g/mol. The number of Topliss-reactive ketones (excluding diaryl/α,β-unsaturated/α-hetero) is 1. The first-order valence-electron chi connectivity index (χ1n) is 5.25. The summed E-state index contributed by atoms with van der Waals surface area (Å²) < 4.78 is 5.29. The van der Waals surface area contributed by atoms with Gasteiger partial charge in [-0.15, -0.1) is 0 Å². The molecular weight excluding hydrogens is 192 g/mol. The van der Waals surface area contributed by atoms with Crippen LogP contribution >= 0.6 is 0 Å². The van der Waals surface area contributed by atoms with Crippen LogP contribution in [-0.2, 0) is 9.53 Å². The van der Waals surface area contributed by atoms with Gasteiger partial charge in [0.25, 0.3) is 0 Å². The van der Waals surface area contributed by atoms with Gasteiger partial charge in [-0.05, 0) is 13.0 Å². The molecule has 82 valence electrons. The zero-order valence-corrected chi connectivity index (χ0v) is 8.98. The SMILES string of the molecule is CC(=O)C1=CC=CN(N2CCOCC2)C1. The minimum absolute atomic E-state index is 0.151. The Bertz CT molecular complexity index is 304. The first kappa shape index (κ1) is 10.4. The van der Waals surface area contributed by atoms with Crippen molar-refractivity contribution in [3.05, 3.63) is 23.9 Å². The molecule has 2 heterocycles. The maximum absolute atomic E-state index is 11.3.